The second-order valence-corrected chi connectivity index (χ2v) is 7.42. The van der Waals surface area contributed by atoms with Crippen LogP contribution in [0.4, 0.5) is 0 Å². The summed E-state index contributed by atoms with van der Waals surface area (Å²) in [5.41, 5.74) is 3.41. The molecule has 3 heteroatoms. The quantitative estimate of drug-likeness (QED) is 0.474. The minimum absolute atomic E-state index is 0.188. The molecule has 0 heterocycles. The third-order valence-corrected chi connectivity index (χ3v) is 4.40. The van der Waals surface area contributed by atoms with Crippen LogP contribution in [0.25, 0.3) is 10.8 Å². The first-order valence-electron chi connectivity index (χ1n) is 9.77. The predicted octanol–water partition coefficient (Wildman–Crippen LogP) is 5.87. The summed E-state index contributed by atoms with van der Waals surface area (Å²) in [4.78, 5) is 0. The maximum atomic E-state index is 6.01. The van der Waals surface area contributed by atoms with Gasteiger partial charge in [-0.05, 0) is 60.9 Å². The van der Waals surface area contributed by atoms with E-state index in [0.29, 0.717) is 6.61 Å². The first-order valence-corrected chi connectivity index (χ1v) is 9.77. The van der Waals surface area contributed by atoms with Gasteiger partial charge >= 0.3 is 0 Å². The summed E-state index contributed by atoms with van der Waals surface area (Å²) in [7, 11) is 0. The van der Waals surface area contributed by atoms with Crippen LogP contribution in [0.2, 0.25) is 0 Å². The Bertz CT molecular complexity index is 929. The summed E-state index contributed by atoms with van der Waals surface area (Å²) in [6.07, 6.45) is 0.188. The Balaban J connectivity index is 1.71. The van der Waals surface area contributed by atoms with Gasteiger partial charge in [-0.15, -0.1) is 0 Å². The average Bonchev–Trinajstić information content (AvgIpc) is 2.68. The molecule has 0 aromatic heterocycles. The lowest BCUT2D eigenvalue weighted by atomic mass is 10.0. The number of hydrogen-bond donors (Lipinski definition) is 1. The molecule has 1 N–H and O–H groups in total. The van der Waals surface area contributed by atoms with Crippen molar-refractivity contribution >= 4 is 10.8 Å². The highest BCUT2D eigenvalue weighted by atomic mass is 16.5. The molecule has 0 amide bonds. The lowest BCUT2D eigenvalue weighted by molar-refractivity contribution is 0.242. The maximum Gasteiger partial charge on any atom is 0.124 e. The summed E-state index contributed by atoms with van der Waals surface area (Å²) in [6.45, 7) is 12.0. The molecule has 0 unspecified atom stereocenters. The van der Waals surface area contributed by atoms with E-state index in [4.69, 9.17) is 9.47 Å². The number of rotatable bonds is 9. The third-order valence-electron chi connectivity index (χ3n) is 4.40. The zero-order valence-electron chi connectivity index (χ0n) is 17.0. The van der Waals surface area contributed by atoms with Crippen LogP contribution in [-0.2, 0) is 13.1 Å². The molecule has 3 aromatic rings. The van der Waals surface area contributed by atoms with Crippen LogP contribution in [0.5, 0.6) is 11.5 Å². The summed E-state index contributed by atoms with van der Waals surface area (Å²) in [5.74, 6) is 1.82. The molecule has 0 saturated heterocycles. The molecule has 146 valence electrons. The summed E-state index contributed by atoms with van der Waals surface area (Å²) < 4.78 is 11.7. The van der Waals surface area contributed by atoms with Crippen molar-refractivity contribution in [1.29, 1.82) is 0 Å². The zero-order valence-corrected chi connectivity index (χ0v) is 17.0. The Hall–Kier alpha value is -2.78. The molecule has 0 aliphatic carbocycles. The van der Waals surface area contributed by atoms with Crippen LogP contribution in [0.15, 0.2) is 72.8 Å². The first-order chi connectivity index (χ1) is 13.5. The highest BCUT2D eigenvalue weighted by Gasteiger charge is 2.09. The fraction of sp³-hybridized carbons (Fsp3) is 0.280. The van der Waals surface area contributed by atoms with Gasteiger partial charge in [0.25, 0.3) is 0 Å². The minimum atomic E-state index is 0.188. The largest absolute Gasteiger partial charge is 0.491 e. The number of fused-ring (bicyclic) bond motifs is 1. The maximum absolute atomic E-state index is 6.01. The fourth-order valence-electron chi connectivity index (χ4n) is 3.12. The van der Waals surface area contributed by atoms with E-state index in [1.54, 1.807) is 0 Å². The zero-order chi connectivity index (χ0) is 19.9. The normalized spacial score (nSPS) is 11.0. The molecule has 3 aromatic carbocycles. The van der Waals surface area contributed by atoms with Gasteiger partial charge in [0.05, 0.1) is 6.10 Å². The van der Waals surface area contributed by atoms with E-state index in [9.17, 15) is 0 Å². The molecule has 3 rings (SSSR count). The van der Waals surface area contributed by atoms with Crippen molar-refractivity contribution in [1.82, 2.24) is 5.32 Å². The van der Waals surface area contributed by atoms with Crippen molar-refractivity contribution in [3.05, 3.63) is 83.9 Å². The Kier molecular flexibility index (Phi) is 6.72. The Morgan fingerprint density at radius 1 is 0.964 bits per heavy atom. The molecule has 3 nitrogen and oxygen atoms in total. The molecule has 0 radical (unpaired) electrons. The van der Waals surface area contributed by atoms with E-state index in [0.717, 1.165) is 30.2 Å². The standard InChI is InChI=1S/C25H29NO2/c1-18(2)17-27-25-14-11-21-7-5-6-8-23(21)24(25)16-26-15-20-9-12-22(13-10-20)28-19(3)4/h5-14,19,26H,1,15-17H2,2-4H3. The van der Waals surface area contributed by atoms with Gasteiger partial charge in [0.1, 0.15) is 18.1 Å². The highest BCUT2D eigenvalue weighted by molar-refractivity contribution is 5.87. The first kappa shape index (κ1) is 20.0. The molecule has 0 fully saturated rings. The van der Waals surface area contributed by atoms with Gasteiger partial charge in [-0.1, -0.05) is 49.0 Å². The van der Waals surface area contributed by atoms with E-state index in [1.165, 1.54) is 21.9 Å². The SMILES string of the molecule is C=C(C)COc1ccc2ccccc2c1CNCc1ccc(OC(C)C)cc1. The van der Waals surface area contributed by atoms with Crippen molar-refractivity contribution in [2.24, 2.45) is 0 Å². The van der Waals surface area contributed by atoms with Crippen molar-refractivity contribution in [3.8, 4) is 11.5 Å². The van der Waals surface area contributed by atoms with E-state index >= 15 is 0 Å². The van der Waals surface area contributed by atoms with Gasteiger partial charge in [0.2, 0.25) is 0 Å². The number of hydrogen-bond acceptors (Lipinski definition) is 3. The van der Waals surface area contributed by atoms with Crippen LogP contribution in [0.3, 0.4) is 0 Å². The van der Waals surface area contributed by atoms with Crippen LogP contribution < -0.4 is 14.8 Å². The van der Waals surface area contributed by atoms with Gasteiger partial charge in [-0.3, -0.25) is 0 Å². The predicted molar refractivity (Wildman–Crippen MR) is 117 cm³/mol. The molecular weight excluding hydrogens is 346 g/mol. The van der Waals surface area contributed by atoms with Crippen molar-refractivity contribution < 1.29 is 9.47 Å². The van der Waals surface area contributed by atoms with Gasteiger partial charge in [0.15, 0.2) is 0 Å². The Labute approximate surface area is 168 Å². The third kappa shape index (κ3) is 5.37. The van der Waals surface area contributed by atoms with Gasteiger partial charge in [-0.25, -0.2) is 0 Å². The Morgan fingerprint density at radius 2 is 1.71 bits per heavy atom. The molecule has 0 saturated carbocycles. The monoisotopic (exact) mass is 375 g/mol. The smallest absolute Gasteiger partial charge is 0.124 e. The van der Waals surface area contributed by atoms with E-state index in [1.807, 2.05) is 32.9 Å². The lowest BCUT2D eigenvalue weighted by Gasteiger charge is -2.15. The van der Waals surface area contributed by atoms with Crippen molar-refractivity contribution in [3.63, 3.8) is 0 Å². The van der Waals surface area contributed by atoms with Crippen LogP contribution in [-0.4, -0.2) is 12.7 Å². The number of ether oxygens (including phenoxy) is 2. The summed E-state index contributed by atoms with van der Waals surface area (Å²) in [5, 5.41) is 5.99. The Morgan fingerprint density at radius 3 is 2.43 bits per heavy atom. The van der Waals surface area contributed by atoms with E-state index in [2.05, 4.69) is 60.4 Å². The second-order valence-electron chi connectivity index (χ2n) is 7.42. The van der Waals surface area contributed by atoms with Gasteiger partial charge < -0.3 is 14.8 Å². The molecule has 0 bridgehead atoms. The molecular formula is C25H29NO2. The summed E-state index contributed by atoms with van der Waals surface area (Å²) >= 11 is 0. The average molecular weight is 376 g/mol. The van der Waals surface area contributed by atoms with E-state index in [-0.39, 0.29) is 6.10 Å². The molecule has 28 heavy (non-hydrogen) atoms. The van der Waals surface area contributed by atoms with Crippen LogP contribution >= 0.6 is 0 Å². The number of benzene rings is 3. The van der Waals surface area contributed by atoms with Crippen LogP contribution in [0, 0.1) is 0 Å². The van der Waals surface area contributed by atoms with Crippen molar-refractivity contribution in [2.75, 3.05) is 6.61 Å². The number of nitrogens with one attached hydrogen (secondary N) is 1. The topological polar surface area (TPSA) is 30.5 Å². The fourth-order valence-corrected chi connectivity index (χ4v) is 3.12. The molecule has 0 spiro atoms. The van der Waals surface area contributed by atoms with Gasteiger partial charge in [0, 0.05) is 18.7 Å². The minimum Gasteiger partial charge on any atom is -0.491 e. The van der Waals surface area contributed by atoms with Crippen molar-refractivity contribution in [2.45, 2.75) is 40.0 Å². The van der Waals surface area contributed by atoms with Crippen LogP contribution in [0.1, 0.15) is 31.9 Å². The van der Waals surface area contributed by atoms with Gasteiger partial charge in [-0.2, -0.15) is 0 Å². The molecule has 0 atom stereocenters. The lowest BCUT2D eigenvalue weighted by Crippen LogP contribution is -2.14. The molecule has 0 aliphatic heterocycles. The van der Waals surface area contributed by atoms with E-state index < -0.39 is 0 Å². The molecule has 0 aliphatic rings. The second kappa shape index (κ2) is 9.43. The highest BCUT2D eigenvalue weighted by Crippen LogP contribution is 2.28. The summed E-state index contributed by atoms with van der Waals surface area (Å²) in [6, 6.07) is 20.8.